The van der Waals surface area contributed by atoms with E-state index in [1.54, 1.807) is 42.3 Å². The van der Waals surface area contributed by atoms with Gasteiger partial charge in [-0.3, -0.25) is 4.79 Å². The molecule has 3 rings (SSSR count). The van der Waals surface area contributed by atoms with Crippen LogP contribution in [0.3, 0.4) is 0 Å². The second-order valence-corrected chi connectivity index (χ2v) is 10.3. The van der Waals surface area contributed by atoms with E-state index < -0.39 is 17.6 Å². The first-order valence-electron chi connectivity index (χ1n) is 11.1. The number of anilines is 1. The molecular formula is C25H31Cl2N3O4. The van der Waals surface area contributed by atoms with E-state index in [1.807, 2.05) is 32.9 Å². The standard InChI is InChI=1S/C25H31Cl2N3O4/c1-25(2,3)23(32)28-13-15-5-8-17(9-6-15)29-24(33)30-14-18(34-4)12-21(30)22(31)16-7-10-19(26)20(27)11-16/h5-11,18,21-22,31H,12-14H2,1-4H3,(H,28,32)(H,29,33)/t18-,21+,22+/m1/s1. The van der Waals surface area contributed by atoms with E-state index in [1.165, 1.54) is 0 Å². The van der Waals surface area contributed by atoms with Gasteiger partial charge in [0, 0.05) is 31.3 Å². The average Bonchev–Trinajstić information content (AvgIpc) is 3.24. The summed E-state index contributed by atoms with van der Waals surface area (Å²) in [5.74, 6) is -0.0295. The SMILES string of the molecule is CO[C@@H]1C[C@@H]([C@@H](O)c2ccc(Cl)c(Cl)c2)N(C(=O)Nc2ccc(CNC(=O)C(C)(C)C)cc2)C1. The van der Waals surface area contributed by atoms with Crippen molar-refractivity contribution in [2.75, 3.05) is 19.0 Å². The predicted molar refractivity (Wildman–Crippen MR) is 134 cm³/mol. The van der Waals surface area contributed by atoms with Crippen LogP contribution in [0, 0.1) is 5.41 Å². The molecule has 0 saturated carbocycles. The van der Waals surface area contributed by atoms with Gasteiger partial charge >= 0.3 is 6.03 Å². The Morgan fingerprint density at radius 3 is 2.41 bits per heavy atom. The number of carbonyl (C=O) groups excluding carboxylic acids is 2. The number of likely N-dealkylation sites (tertiary alicyclic amines) is 1. The first kappa shape index (κ1) is 26.3. The largest absolute Gasteiger partial charge is 0.386 e. The van der Waals surface area contributed by atoms with Gasteiger partial charge in [0.2, 0.25) is 5.91 Å². The molecule has 7 nitrogen and oxygen atoms in total. The molecule has 0 spiro atoms. The third-order valence-electron chi connectivity index (χ3n) is 5.89. The van der Waals surface area contributed by atoms with Crippen LogP contribution in [0.4, 0.5) is 10.5 Å². The minimum atomic E-state index is -0.950. The number of aliphatic hydroxyl groups excluding tert-OH is 1. The number of nitrogens with zero attached hydrogens (tertiary/aromatic N) is 1. The van der Waals surface area contributed by atoms with E-state index in [9.17, 15) is 14.7 Å². The predicted octanol–water partition coefficient (Wildman–Crippen LogP) is 5.01. The maximum atomic E-state index is 13.1. The fourth-order valence-electron chi connectivity index (χ4n) is 3.80. The van der Waals surface area contributed by atoms with Crippen molar-refractivity contribution in [3.05, 3.63) is 63.6 Å². The highest BCUT2D eigenvalue weighted by Gasteiger charge is 2.40. The van der Waals surface area contributed by atoms with Gasteiger partial charge in [-0.1, -0.05) is 62.2 Å². The van der Waals surface area contributed by atoms with Crippen LogP contribution < -0.4 is 10.6 Å². The van der Waals surface area contributed by atoms with E-state index in [-0.39, 0.29) is 18.0 Å². The molecule has 0 radical (unpaired) electrons. The molecule has 3 atom stereocenters. The molecule has 0 aliphatic carbocycles. The smallest absolute Gasteiger partial charge is 0.322 e. The Morgan fingerprint density at radius 1 is 1.15 bits per heavy atom. The average molecular weight is 508 g/mol. The molecule has 1 fully saturated rings. The quantitative estimate of drug-likeness (QED) is 0.512. The summed E-state index contributed by atoms with van der Waals surface area (Å²) in [5.41, 5.74) is 1.65. The minimum Gasteiger partial charge on any atom is -0.386 e. The van der Waals surface area contributed by atoms with Crippen molar-refractivity contribution < 1.29 is 19.4 Å². The van der Waals surface area contributed by atoms with Crippen LogP contribution in [0.2, 0.25) is 10.0 Å². The van der Waals surface area contributed by atoms with Gasteiger partial charge in [0.05, 0.1) is 28.3 Å². The number of aliphatic hydroxyl groups is 1. The minimum absolute atomic E-state index is 0.0295. The van der Waals surface area contributed by atoms with Gasteiger partial charge in [-0.05, 0) is 41.8 Å². The molecule has 2 aromatic rings. The number of benzene rings is 2. The number of carbonyl (C=O) groups is 2. The maximum Gasteiger partial charge on any atom is 0.322 e. The second-order valence-electron chi connectivity index (χ2n) is 9.49. The Bertz CT molecular complexity index is 1020. The summed E-state index contributed by atoms with van der Waals surface area (Å²) in [6.07, 6.45) is -0.658. The van der Waals surface area contributed by atoms with Crippen LogP contribution in [-0.2, 0) is 16.1 Å². The third kappa shape index (κ3) is 6.42. The van der Waals surface area contributed by atoms with Crippen LogP contribution in [0.1, 0.15) is 44.4 Å². The number of rotatable bonds is 6. The summed E-state index contributed by atoms with van der Waals surface area (Å²) in [5, 5.41) is 17.5. The van der Waals surface area contributed by atoms with Crippen molar-refractivity contribution in [2.45, 2.75) is 52.0 Å². The zero-order valence-electron chi connectivity index (χ0n) is 19.8. The summed E-state index contributed by atoms with van der Waals surface area (Å²) in [4.78, 5) is 26.7. The third-order valence-corrected chi connectivity index (χ3v) is 6.63. The lowest BCUT2D eigenvalue weighted by Gasteiger charge is -2.29. The molecular weight excluding hydrogens is 477 g/mol. The Kier molecular flexibility index (Phi) is 8.47. The van der Waals surface area contributed by atoms with Gasteiger partial charge in [-0.15, -0.1) is 0 Å². The summed E-state index contributed by atoms with van der Waals surface area (Å²) in [6, 6.07) is 11.4. The summed E-state index contributed by atoms with van der Waals surface area (Å²) >= 11 is 12.1. The molecule has 0 unspecified atom stereocenters. The van der Waals surface area contributed by atoms with E-state index in [0.29, 0.717) is 40.8 Å². The molecule has 0 aromatic heterocycles. The number of hydrogen-bond acceptors (Lipinski definition) is 4. The Labute approximate surface area is 210 Å². The van der Waals surface area contributed by atoms with Crippen LogP contribution in [0.15, 0.2) is 42.5 Å². The van der Waals surface area contributed by atoms with Crippen LogP contribution in [0.25, 0.3) is 0 Å². The highest BCUT2D eigenvalue weighted by Crippen LogP contribution is 2.34. The summed E-state index contributed by atoms with van der Waals surface area (Å²) in [7, 11) is 1.59. The maximum absolute atomic E-state index is 13.1. The topological polar surface area (TPSA) is 90.9 Å². The highest BCUT2D eigenvalue weighted by atomic mass is 35.5. The number of ether oxygens (including phenoxy) is 1. The molecule has 34 heavy (non-hydrogen) atoms. The lowest BCUT2D eigenvalue weighted by molar-refractivity contribution is -0.128. The number of urea groups is 1. The van der Waals surface area contributed by atoms with Gasteiger partial charge in [0.15, 0.2) is 0 Å². The molecule has 3 amide bonds. The fraction of sp³-hybridized carbons (Fsp3) is 0.440. The van der Waals surface area contributed by atoms with E-state index in [2.05, 4.69) is 10.6 Å². The van der Waals surface area contributed by atoms with Gasteiger partial charge < -0.3 is 25.4 Å². The first-order chi connectivity index (χ1) is 16.0. The lowest BCUT2D eigenvalue weighted by Crippen LogP contribution is -2.42. The van der Waals surface area contributed by atoms with Crippen molar-refractivity contribution in [3.63, 3.8) is 0 Å². The molecule has 3 N–H and O–H groups in total. The van der Waals surface area contributed by atoms with Gasteiger partial charge in [-0.25, -0.2) is 4.79 Å². The number of nitrogens with one attached hydrogen (secondary N) is 2. The van der Waals surface area contributed by atoms with Crippen LogP contribution in [-0.4, -0.2) is 47.7 Å². The Hall–Kier alpha value is -2.32. The molecule has 184 valence electrons. The molecule has 1 heterocycles. The van der Waals surface area contributed by atoms with E-state index in [4.69, 9.17) is 27.9 Å². The Balaban J connectivity index is 1.67. The highest BCUT2D eigenvalue weighted by molar-refractivity contribution is 6.42. The molecule has 0 bridgehead atoms. The molecule has 1 aliphatic rings. The van der Waals surface area contributed by atoms with Crippen molar-refractivity contribution in [1.82, 2.24) is 10.2 Å². The number of halogens is 2. The Morgan fingerprint density at radius 2 is 1.82 bits per heavy atom. The van der Waals surface area contributed by atoms with Crippen LogP contribution in [0.5, 0.6) is 0 Å². The van der Waals surface area contributed by atoms with Crippen molar-refractivity contribution >= 4 is 40.8 Å². The van der Waals surface area contributed by atoms with Gasteiger partial charge in [0.1, 0.15) is 0 Å². The monoisotopic (exact) mass is 507 g/mol. The van der Waals surface area contributed by atoms with E-state index >= 15 is 0 Å². The zero-order chi connectivity index (χ0) is 25.0. The normalized spacial score (nSPS) is 19.1. The fourth-order valence-corrected chi connectivity index (χ4v) is 4.10. The van der Waals surface area contributed by atoms with Gasteiger partial charge in [-0.2, -0.15) is 0 Å². The van der Waals surface area contributed by atoms with Crippen LogP contribution >= 0.6 is 23.2 Å². The number of hydrogen-bond donors (Lipinski definition) is 3. The van der Waals surface area contributed by atoms with Crippen molar-refractivity contribution in [1.29, 1.82) is 0 Å². The second kappa shape index (κ2) is 11.0. The summed E-state index contributed by atoms with van der Waals surface area (Å²) in [6.45, 7) is 6.34. The van der Waals surface area contributed by atoms with Gasteiger partial charge in [0.25, 0.3) is 0 Å². The molecule has 1 saturated heterocycles. The molecule has 9 heteroatoms. The van der Waals surface area contributed by atoms with Crippen molar-refractivity contribution in [3.8, 4) is 0 Å². The number of methoxy groups -OCH3 is 1. The number of amides is 3. The van der Waals surface area contributed by atoms with E-state index in [0.717, 1.165) is 5.56 Å². The lowest BCUT2D eigenvalue weighted by atomic mass is 9.95. The first-order valence-corrected chi connectivity index (χ1v) is 11.9. The zero-order valence-corrected chi connectivity index (χ0v) is 21.3. The van der Waals surface area contributed by atoms with Crippen molar-refractivity contribution in [2.24, 2.45) is 5.41 Å². The molecule has 1 aliphatic heterocycles. The summed E-state index contributed by atoms with van der Waals surface area (Å²) < 4.78 is 5.47. The molecule has 2 aromatic carbocycles.